The molecule has 0 aromatic rings. The van der Waals surface area contributed by atoms with Gasteiger partial charge in [-0.3, -0.25) is 14.5 Å². The Morgan fingerprint density at radius 1 is 1.47 bits per heavy atom. The number of likely N-dealkylation sites (tertiary alicyclic amines) is 1. The van der Waals surface area contributed by atoms with E-state index in [4.69, 9.17) is 0 Å². The number of hydrogen-bond donors (Lipinski definition) is 1. The third-order valence-electron chi connectivity index (χ3n) is 3.57. The van der Waals surface area contributed by atoms with Crippen LogP contribution in [0.25, 0.3) is 0 Å². The molecule has 2 amide bonds. The molecule has 2 saturated heterocycles. The lowest BCUT2D eigenvalue weighted by atomic mass is 10.1. The molecule has 0 spiro atoms. The Labute approximate surface area is 106 Å². The normalized spacial score (nSPS) is 27.4. The molecule has 0 aromatic heterocycles. The topological polar surface area (TPSA) is 49.4 Å². The molecule has 2 fully saturated rings. The second kappa shape index (κ2) is 5.40. The standard InChI is InChI=1S/C12H20N2O2S/c1-3-8(2)14-11(15)4-10(12(14)16)17-7-9-5-13-6-9/h8-10,13H,3-7H2,1-2H3. The maximum Gasteiger partial charge on any atom is 0.243 e. The molecule has 0 bridgehead atoms. The third-order valence-corrected chi connectivity index (χ3v) is 5.01. The van der Waals surface area contributed by atoms with Crippen LogP contribution in [-0.2, 0) is 9.59 Å². The summed E-state index contributed by atoms with van der Waals surface area (Å²) in [6.45, 7) is 6.05. The van der Waals surface area contributed by atoms with Gasteiger partial charge in [0.1, 0.15) is 0 Å². The highest BCUT2D eigenvalue weighted by Gasteiger charge is 2.41. The van der Waals surface area contributed by atoms with Crippen LogP contribution < -0.4 is 5.32 Å². The zero-order valence-corrected chi connectivity index (χ0v) is 11.3. The van der Waals surface area contributed by atoms with Crippen molar-refractivity contribution in [1.82, 2.24) is 10.2 Å². The summed E-state index contributed by atoms with van der Waals surface area (Å²) in [6.07, 6.45) is 1.23. The van der Waals surface area contributed by atoms with Crippen molar-refractivity contribution in [2.24, 2.45) is 5.92 Å². The highest BCUT2D eigenvalue weighted by molar-refractivity contribution is 8.00. The van der Waals surface area contributed by atoms with Gasteiger partial charge in [0.15, 0.2) is 0 Å². The minimum absolute atomic E-state index is 0.00795. The first-order valence-electron chi connectivity index (χ1n) is 6.31. The van der Waals surface area contributed by atoms with Gasteiger partial charge < -0.3 is 5.32 Å². The Morgan fingerprint density at radius 3 is 2.71 bits per heavy atom. The van der Waals surface area contributed by atoms with E-state index in [0.29, 0.717) is 12.3 Å². The number of carbonyl (C=O) groups excluding carboxylic acids is 2. The molecule has 2 unspecified atom stereocenters. The molecule has 4 nitrogen and oxygen atoms in total. The van der Waals surface area contributed by atoms with E-state index in [1.54, 1.807) is 11.8 Å². The van der Waals surface area contributed by atoms with Crippen LogP contribution in [0.1, 0.15) is 26.7 Å². The molecule has 2 atom stereocenters. The summed E-state index contributed by atoms with van der Waals surface area (Å²) in [4.78, 5) is 25.4. The van der Waals surface area contributed by atoms with Crippen LogP contribution in [0, 0.1) is 5.92 Å². The van der Waals surface area contributed by atoms with Crippen molar-refractivity contribution in [1.29, 1.82) is 0 Å². The summed E-state index contributed by atoms with van der Waals surface area (Å²) in [5.74, 6) is 1.71. The fourth-order valence-corrected chi connectivity index (χ4v) is 3.37. The largest absolute Gasteiger partial charge is 0.316 e. The number of nitrogens with one attached hydrogen (secondary N) is 1. The fourth-order valence-electron chi connectivity index (χ4n) is 2.12. The lowest BCUT2D eigenvalue weighted by Crippen LogP contribution is -2.44. The first-order valence-corrected chi connectivity index (χ1v) is 7.36. The highest BCUT2D eigenvalue weighted by atomic mass is 32.2. The number of nitrogens with zero attached hydrogens (tertiary/aromatic N) is 1. The molecule has 2 rings (SSSR count). The number of thioether (sulfide) groups is 1. The van der Waals surface area contributed by atoms with E-state index in [1.165, 1.54) is 4.90 Å². The maximum atomic E-state index is 12.1. The molecule has 0 radical (unpaired) electrons. The van der Waals surface area contributed by atoms with Gasteiger partial charge in [-0.2, -0.15) is 0 Å². The Balaban J connectivity index is 1.88. The van der Waals surface area contributed by atoms with Gasteiger partial charge in [-0.25, -0.2) is 0 Å². The quantitative estimate of drug-likeness (QED) is 0.741. The van der Waals surface area contributed by atoms with Crippen LogP contribution in [0.3, 0.4) is 0 Å². The number of rotatable bonds is 5. The van der Waals surface area contributed by atoms with Crippen molar-refractivity contribution in [2.45, 2.75) is 38.0 Å². The highest BCUT2D eigenvalue weighted by Crippen LogP contribution is 2.29. The summed E-state index contributed by atoms with van der Waals surface area (Å²) in [6, 6.07) is 0.0472. The SMILES string of the molecule is CCC(C)N1C(=O)CC(SCC2CNC2)C1=O. The van der Waals surface area contributed by atoms with E-state index in [2.05, 4.69) is 5.32 Å². The first kappa shape index (κ1) is 12.9. The van der Waals surface area contributed by atoms with E-state index in [1.807, 2.05) is 13.8 Å². The smallest absolute Gasteiger partial charge is 0.243 e. The summed E-state index contributed by atoms with van der Waals surface area (Å²) < 4.78 is 0. The van der Waals surface area contributed by atoms with E-state index in [9.17, 15) is 9.59 Å². The van der Waals surface area contributed by atoms with Gasteiger partial charge in [0.2, 0.25) is 11.8 Å². The number of carbonyl (C=O) groups is 2. The number of amides is 2. The third kappa shape index (κ3) is 2.65. The van der Waals surface area contributed by atoms with Gasteiger partial charge in [-0.05, 0) is 38.1 Å². The van der Waals surface area contributed by atoms with Crippen molar-refractivity contribution < 1.29 is 9.59 Å². The van der Waals surface area contributed by atoms with E-state index < -0.39 is 0 Å². The average Bonchev–Trinajstić information content (AvgIpc) is 2.51. The van der Waals surface area contributed by atoms with Crippen molar-refractivity contribution in [3.8, 4) is 0 Å². The summed E-state index contributed by atoms with van der Waals surface area (Å²) in [5, 5.41) is 3.09. The van der Waals surface area contributed by atoms with Gasteiger partial charge in [-0.1, -0.05) is 6.92 Å². The van der Waals surface area contributed by atoms with Gasteiger partial charge in [0.25, 0.3) is 0 Å². The molecular formula is C12H20N2O2S. The molecule has 1 N–H and O–H groups in total. The van der Waals surface area contributed by atoms with Gasteiger partial charge in [0.05, 0.1) is 5.25 Å². The number of imide groups is 1. The van der Waals surface area contributed by atoms with E-state index >= 15 is 0 Å². The Hall–Kier alpha value is -0.550. The number of hydrogen-bond acceptors (Lipinski definition) is 4. The molecule has 17 heavy (non-hydrogen) atoms. The Kier molecular flexibility index (Phi) is 4.09. The van der Waals surface area contributed by atoms with Gasteiger partial charge >= 0.3 is 0 Å². The zero-order valence-electron chi connectivity index (χ0n) is 10.4. The molecule has 2 heterocycles. The van der Waals surface area contributed by atoms with Crippen LogP contribution in [-0.4, -0.2) is 46.8 Å². The van der Waals surface area contributed by atoms with Crippen LogP contribution in [0.15, 0.2) is 0 Å². The Bertz CT molecular complexity index is 318. The van der Waals surface area contributed by atoms with Gasteiger partial charge in [-0.15, -0.1) is 11.8 Å². The molecule has 2 aliphatic heterocycles. The monoisotopic (exact) mass is 256 g/mol. The minimum Gasteiger partial charge on any atom is -0.316 e. The van der Waals surface area contributed by atoms with Crippen LogP contribution in [0.5, 0.6) is 0 Å². The van der Waals surface area contributed by atoms with E-state index in [0.717, 1.165) is 25.3 Å². The molecule has 2 aliphatic rings. The van der Waals surface area contributed by atoms with Crippen LogP contribution >= 0.6 is 11.8 Å². The second-order valence-electron chi connectivity index (χ2n) is 4.91. The van der Waals surface area contributed by atoms with Crippen molar-refractivity contribution >= 4 is 23.6 Å². The van der Waals surface area contributed by atoms with Crippen molar-refractivity contribution in [3.05, 3.63) is 0 Å². The van der Waals surface area contributed by atoms with Crippen molar-refractivity contribution in [3.63, 3.8) is 0 Å². The molecule has 0 aliphatic carbocycles. The van der Waals surface area contributed by atoms with Gasteiger partial charge in [0, 0.05) is 12.5 Å². The average molecular weight is 256 g/mol. The van der Waals surface area contributed by atoms with Crippen LogP contribution in [0.2, 0.25) is 0 Å². The molecule has 0 saturated carbocycles. The summed E-state index contributed by atoms with van der Waals surface area (Å²) >= 11 is 1.66. The predicted octanol–water partition coefficient (Wildman–Crippen LogP) is 0.865. The minimum atomic E-state index is -0.128. The zero-order chi connectivity index (χ0) is 12.4. The Morgan fingerprint density at radius 2 is 2.18 bits per heavy atom. The molecular weight excluding hydrogens is 236 g/mol. The molecule has 0 aromatic carbocycles. The first-order chi connectivity index (χ1) is 8.13. The molecule has 96 valence electrons. The molecule has 5 heteroatoms. The summed E-state index contributed by atoms with van der Waals surface area (Å²) in [5.41, 5.74) is 0. The van der Waals surface area contributed by atoms with Crippen molar-refractivity contribution in [2.75, 3.05) is 18.8 Å². The summed E-state index contributed by atoms with van der Waals surface area (Å²) in [7, 11) is 0. The van der Waals surface area contributed by atoms with E-state index in [-0.39, 0.29) is 23.1 Å². The lowest BCUT2D eigenvalue weighted by Gasteiger charge is -2.27. The lowest BCUT2D eigenvalue weighted by molar-refractivity contribution is -0.140. The predicted molar refractivity (Wildman–Crippen MR) is 68.8 cm³/mol. The fraction of sp³-hybridized carbons (Fsp3) is 0.833. The second-order valence-corrected chi connectivity index (χ2v) is 6.15. The maximum absolute atomic E-state index is 12.1. The van der Waals surface area contributed by atoms with Crippen LogP contribution in [0.4, 0.5) is 0 Å².